The second-order valence-electron chi connectivity index (χ2n) is 6.32. The minimum atomic E-state index is -0.308. The number of carbonyl (C=O) groups is 1. The number of para-hydroxylation sites is 1. The van der Waals surface area contributed by atoms with Crippen molar-refractivity contribution >= 4 is 16.9 Å². The molecule has 0 fully saturated rings. The minimum Gasteiger partial charge on any atom is -0.465 e. The Labute approximate surface area is 146 Å². The lowest BCUT2D eigenvalue weighted by atomic mass is 10.1. The van der Waals surface area contributed by atoms with Gasteiger partial charge in [0, 0.05) is 30.7 Å². The van der Waals surface area contributed by atoms with E-state index in [4.69, 9.17) is 4.74 Å². The third-order valence-electron chi connectivity index (χ3n) is 4.70. The predicted molar refractivity (Wildman–Crippen MR) is 98.9 cm³/mol. The Morgan fingerprint density at radius 3 is 2.84 bits per heavy atom. The van der Waals surface area contributed by atoms with Crippen LogP contribution >= 0.6 is 0 Å². The Hall–Kier alpha value is -2.85. The first-order chi connectivity index (χ1) is 12.2. The molecule has 4 rings (SSSR count). The van der Waals surface area contributed by atoms with Crippen molar-refractivity contribution in [3.63, 3.8) is 0 Å². The standard InChI is InChI=1S/C21H20N2O2/c1-3-10-22-13-16-6-4-5-7-19(16)23-18(14-22)12-17-11-15(21(24)25-2)8-9-20(17)23/h3-9,11-12H,1,10,13-14H2,2H3. The fraction of sp³-hybridized carbons (Fsp3) is 0.190. The summed E-state index contributed by atoms with van der Waals surface area (Å²) >= 11 is 0. The molecular formula is C21H20N2O2. The Morgan fingerprint density at radius 1 is 1.20 bits per heavy atom. The fourth-order valence-corrected chi connectivity index (χ4v) is 3.62. The molecule has 0 saturated carbocycles. The van der Waals surface area contributed by atoms with Crippen LogP contribution in [0.1, 0.15) is 21.6 Å². The molecule has 1 aromatic heterocycles. The topological polar surface area (TPSA) is 34.5 Å². The van der Waals surface area contributed by atoms with E-state index in [0.29, 0.717) is 5.56 Å². The highest BCUT2D eigenvalue weighted by atomic mass is 16.5. The molecule has 1 aliphatic rings. The number of hydrogen-bond acceptors (Lipinski definition) is 3. The quantitative estimate of drug-likeness (QED) is 0.538. The Bertz CT molecular complexity index is 971. The number of ether oxygens (including phenoxy) is 1. The molecule has 0 atom stereocenters. The highest BCUT2D eigenvalue weighted by Crippen LogP contribution is 2.31. The van der Waals surface area contributed by atoms with Crippen LogP contribution < -0.4 is 0 Å². The van der Waals surface area contributed by atoms with E-state index in [-0.39, 0.29) is 5.97 Å². The monoisotopic (exact) mass is 332 g/mol. The van der Waals surface area contributed by atoms with E-state index < -0.39 is 0 Å². The number of benzene rings is 2. The van der Waals surface area contributed by atoms with Crippen LogP contribution in [0.15, 0.2) is 61.2 Å². The van der Waals surface area contributed by atoms with Gasteiger partial charge < -0.3 is 9.30 Å². The maximum absolute atomic E-state index is 11.8. The summed E-state index contributed by atoms with van der Waals surface area (Å²) in [5, 5.41) is 1.05. The Balaban J connectivity index is 1.93. The molecule has 0 unspecified atom stereocenters. The van der Waals surface area contributed by atoms with E-state index in [1.54, 1.807) is 0 Å². The van der Waals surface area contributed by atoms with Gasteiger partial charge in [0.05, 0.1) is 23.9 Å². The summed E-state index contributed by atoms with van der Waals surface area (Å²) in [7, 11) is 1.41. The third-order valence-corrected chi connectivity index (χ3v) is 4.70. The molecule has 0 radical (unpaired) electrons. The summed E-state index contributed by atoms with van der Waals surface area (Å²) in [4.78, 5) is 14.2. The molecule has 4 nitrogen and oxygen atoms in total. The van der Waals surface area contributed by atoms with E-state index in [2.05, 4.69) is 46.4 Å². The number of fused-ring (bicyclic) bond motifs is 5. The Morgan fingerprint density at radius 2 is 2.04 bits per heavy atom. The van der Waals surface area contributed by atoms with Crippen molar-refractivity contribution in [2.75, 3.05) is 13.7 Å². The fourth-order valence-electron chi connectivity index (χ4n) is 3.62. The van der Waals surface area contributed by atoms with Crippen LogP contribution in [0, 0.1) is 0 Å². The van der Waals surface area contributed by atoms with Crippen molar-refractivity contribution in [3.05, 3.63) is 78.0 Å². The van der Waals surface area contributed by atoms with Crippen molar-refractivity contribution in [1.82, 2.24) is 9.47 Å². The van der Waals surface area contributed by atoms with E-state index in [1.807, 2.05) is 24.3 Å². The maximum atomic E-state index is 11.8. The molecule has 0 bridgehead atoms. The van der Waals surface area contributed by atoms with E-state index in [9.17, 15) is 4.79 Å². The molecule has 2 heterocycles. The smallest absolute Gasteiger partial charge is 0.337 e. The van der Waals surface area contributed by atoms with Gasteiger partial charge >= 0.3 is 5.97 Å². The lowest BCUT2D eigenvalue weighted by Gasteiger charge is -2.17. The van der Waals surface area contributed by atoms with Gasteiger partial charge in [-0.3, -0.25) is 4.90 Å². The number of esters is 1. The van der Waals surface area contributed by atoms with Gasteiger partial charge in [-0.25, -0.2) is 4.79 Å². The summed E-state index contributed by atoms with van der Waals surface area (Å²) < 4.78 is 7.15. The van der Waals surface area contributed by atoms with Crippen molar-refractivity contribution < 1.29 is 9.53 Å². The number of aromatic nitrogens is 1. The lowest BCUT2D eigenvalue weighted by Crippen LogP contribution is -2.21. The first-order valence-corrected chi connectivity index (χ1v) is 8.35. The zero-order chi connectivity index (χ0) is 17.4. The molecule has 2 aromatic carbocycles. The second kappa shape index (κ2) is 6.22. The lowest BCUT2D eigenvalue weighted by molar-refractivity contribution is 0.0601. The number of carbonyl (C=O) groups excluding carboxylic acids is 1. The number of hydrogen-bond donors (Lipinski definition) is 0. The molecule has 4 heteroatoms. The van der Waals surface area contributed by atoms with Crippen LogP contribution in [-0.2, 0) is 17.8 Å². The zero-order valence-corrected chi connectivity index (χ0v) is 14.2. The first kappa shape index (κ1) is 15.7. The molecule has 0 saturated heterocycles. The van der Waals surface area contributed by atoms with Crippen molar-refractivity contribution in [2.24, 2.45) is 0 Å². The van der Waals surface area contributed by atoms with Gasteiger partial charge in [-0.2, -0.15) is 0 Å². The molecular weight excluding hydrogens is 312 g/mol. The van der Waals surface area contributed by atoms with E-state index in [1.165, 1.54) is 24.1 Å². The van der Waals surface area contributed by atoms with Gasteiger partial charge in [-0.05, 0) is 35.9 Å². The van der Waals surface area contributed by atoms with Crippen LogP contribution in [0.25, 0.3) is 16.6 Å². The summed E-state index contributed by atoms with van der Waals surface area (Å²) in [6.45, 7) is 6.45. The van der Waals surface area contributed by atoms with Crippen LogP contribution in [-0.4, -0.2) is 29.1 Å². The number of rotatable bonds is 3. The minimum absolute atomic E-state index is 0.308. The predicted octanol–water partition coefficient (Wildman–Crippen LogP) is 3.92. The molecule has 0 aliphatic carbocycles. The van der Waals surface area contributed by atoms with Crippen LogP contribution in [0.4, 0.5) is 0 Å². The van der Waals surface area contributed by atoms with Gasteiger partial charge in [0.2, 0.25) is 0 Å². The largest absolute Gasteiger partial charge is 0.465 e. The molecule has 1 aliphatic heterocycles. The molecule has 3 aromatic rings. The third kappa shape index (κ3) is 2.65. The van der Waals surface area contributed by atoms with Crippen molar-refractivity contribution in [1.29, 1.82) is 0 Å². The molecule has 0 spiro atoms. The zero-order valence-electron chi connectivity index (χ0n) is 14.2. The van der Waals surface area contributed by atoms with E-state index in [0.717, 1.165) is 30.5 Å². The van der Waals surface area contributed by atoms with Crippen molar-refractivity contribution in [2.45, 2.75) is 13.1 Å². The number of nitrogens with zero attached hydrogens (tertiary/aromatic N) is 2. The number of methoxy groups -OCH3 is 1. The highest BCUT2D eigenvalue weighted by molar-refractivity contribution is 5.95. The van der Waals surface area contributed by atoms with Gasteiger partial charge in [0.1, 0.15) is 0 Å². The molecule has 0 N–H and O–H groups in total. The average molecular weight is 332 g/mol. The summed E-state index contributed by atoms with van der Waals surface area (Å²) in [6, 6.07) is 16.4. The molecule has 126 valence electrons. The molecule has 25 heavy (non-hydrogen) atoms. The summed E-state index contributed by atoms with van der Waals surface area (Å²) in [5.41, 5.74) is 5.38. The first-order valence-electron chi connectivity index (χ1n) is 8.35. The van der Waals surface area contributed by atoms with Gasteiger partial charge in [-0.15, -0.1) is 6.58 Å². The Kier molecular flexibility index (Phi) is 3.90. The van der Waals surface area contributed by atoms with Gasteiger partial charge in [-0.1, -0.05) is 24.3 Å². The van der Waals surface area contributed by atoms with Gasteiger partial charge in [0.25, 0.3) is 0 Å². The van der Waals surface area contributed by atoms with Crippen molar-refractivity contribution in [3.8, 4) is 5.69 Å². The van der Waals surface area contributed by atoms with Gasteiger partial charge in [0.15, 0.2) is 0 Å². The summed E-state index contributed by atoms with van der Waals surface area (Å²) in [5.74, 6) is -0.308. The summed E-state index contributed by atoms with van der Waals surface area (Å²) in [6.07, 6.45) is 1.94. The molecule has 0 amide bonds. The van der Waals surface area contributed by atoms with Crippen LogP contribution in [0.3, 0.4) is 0 Å². The maximum Gasteiger partial charge on any atom is 0.337 e. The second-order valence-corrected chi connectivity index (χ2v) is 6.32. The van der Waals surface area contributed by atoms with E-state index >= 15 is 0 Å². The normalized spacial score (nSPS) is 13.8. The highest BCUT2D eigenvalue weighted by Gasteiger charge is 2.21. The SMILES string of the molecule is C=CCN1Cc2ccccc2-n2c(cc3cc(C(=O)OC)ccc32)C1. The van der Waals surface area contributed by atoms with Crippen LogP contribution in [0.5, 0.6) is 0 Å². The van der Waals surface area contributed by atoms with Crippen LogP contribution in [0.2, 0.25) is 0 Å². The average Bonchev–Trinajstić information content (AvgIpc) is 2.90.